The predicted molar refractivity (Wildman–Crippen MR) is 151 cm³/mol. The molecular formula is C34H30N2O2. The molecule has 1 spiro atoms. The number of piperidine rings is 1. The molecule has 2 aliphatic heterocycles. The average molecular weight is 499 g/mol. The second-order valence-electron chi connectivity index (χ2n) is 12.2. The normalized spacial score (nSPS) is 28.9. The van der Waals surface area contributed by atoms with Crippen molar-refractivity contribution in [1.82, 2.24) is 9.88 Å². The maximum absolute atomic E-state index is 12.9. The minimum atomic E-state index is -0.892. The predicted octanol–water partition coefficient (Wildman–Crippen LogP) is 6.08. The monoisotopic (exact) mass is 498 g/mol. The molecule has 4 aromatic carbocycles. The van der Waals surface area contributed by atoms with Gasteiger partial charge in [-0.1, -0.05) is 60.7 Å². The second-order valence-corrected chi connectivity index (χ2v) is 12.2. The van der Waals surface area contributed by atoms with E-state index in [1.165, 1.54) is 49.2 Å². The number of rotatable bonds is 0. The van der Waals surface area contributed by atoms with E-state index in [-0.39, 0.29) is 12.1 Å². The minimum Gasteiger partial charge on any atom is -0.482 e. The Morgan fingerprint density at radius 2 is 1.76 bits per heavy atom. The molecule has 2 aliphatic carbocycles. The largest absolute Gasteiger partial charge is 0.482 e. The van der Waals surface area contributed by atoms with Crippen molar-refractivity contribution in [3.05, 3.63) is 94.2 Å². The van der Waals surface area contributed by atoms with Crippen LogP contribution in [0, 0.1) is 13.8 Å². The molecule has 0 radical (unpaired) electrons. The number of fused-ring (bicyclic) bond motifs is 7. The molecule has 1 N–H and O–H groups in total. The van der Waals surface area contributed by atoms with E-state index in [2.05, 4.69) is 86.5 Å². The third-order valence-corrected chi connectivity index (χ3v) is 10.7. The van der Waals surface area contributed by atoms with Crippen LogP contribution in [-0.4, -0.2) is 40.2 Å². The lowest BCUT2D eigenvalue weighted by Crippen LogP contribution is -2.74. The highest BCUT2D eigenvalue weighted by atomic mass is 16.5. The molecule has 4 aliphatic rings. The van der Waals surface area contributed by atoms with Crippen molar-refractivity contribution in [2.24, 2.45) is 0 Å². The molecule has 4 heteroatoms. The van der Waals surface area contributed by atoms with Crippen LogP contribution in [0.1, 0.15) is 46.0 Å². The van der Waals surface area contributed by atoms with Gasteiger partial charge in [-0.25, -0.2) is 4.98 Å². The summed E-state index contributed by atoms with van der Waals surface area (Å²) in [5.41, 5.74) is 6.89. The lowest BCUT2D eigenvalue weighted by molar-refractivity contribution is -0.168. The third-order valence-electron chi connectivity index (χ3n) is 10.7. The molecule has 4 atom stereocenters. The molecule has 0 amide bonds. The fraction of sp³-hybridized carbons (Fsp3) is 0.324. The minimum absolute atomic E-state index is 0.0646. The summed E-state index contributed by atoms with van der Waals surface area (Å²) in [4.78, 5) is 7.88. The highest BCUT2D eigenvalue weighted by molar-refractivity contribution is 6.16. The number of likely N-dealkylation sites (tertiary alicyclic amines) is 1. The molecule has 38 heavy (non-hydrogen) atoms. The quantitative estimate of drug-likeness (QED) is 0.263. The van der Waals surface area contributed by atoms with Crippen LogP contribution in [0.4, 0.5) is 0 Å². The second kappa shape index (κ2) is 6.74. The van der Waals surface area contributed by atoms with E-state index in [9.17, 15) is 5.11 Å². The number of hydrogen-bond acceptors (Lipinski definition) is 4. The fourth-order valence-electron chi connectivity index (χ4n) is 8.82. The standard InChI is InChI=1S/C34H30N2O2/c1-18-8-9-21-16-27-34(37)17-26-19(2)22-12-13-24-23-7-5-4-6-20(23)10-11-25(24)29(22)35-30(26)32-33(34,14-15-36(27)3)28(21)31(18)38-32/h4-13,27,32,37H,14-17H2,1-3H3/t27-,32-,33-,34+/m0/s1. The number of aryl methyl sites for hydroxylation is 2. The molecule has 1 saturated heterocycles. The van der Waals surface area contributed by atoms with Gasteiger partial charge in [0, 0.05) is 28.8 Å². The van der Waals surface area contributed by atoms with Crippen LogP contribution in [0.5, 0.6) is 5.75 Å². The van der Waals surface area contributed by atoms with E-state index < -0.39 is 11.0 Å². The van der Waals surface area contributed by atoms with Gasteiger partial charge in [0.25, 0.3) is 0 Å². The van der Waals surface area contributed by atoms with Crippen LogP contribution < -0.4 is 4.74 Å². The maximum Gasteiger partial charge on any atom is 0.153 e. The smallest absolute Gasteiger partial charge is 0.153 e. The summed E-state index contributed by atoms with van der Waals surface area (Å²) in [6, 6.07) is 22.1. The number of benzene rings is 4. The molecule has 188 valence electrons. The Bertz CT molecular complexity index is 1890. The number of pyridine rings is 1. The third kappa shape index (κ3) is 2.23. The van der Waals surface area contributed by atoms with Gasteiger partial charge in [-0.3, -0.25) is 0 Å². The molecule has 5 aromatic rings. The van der Waals surface area contributed by atoms with E-state index in [0.29, 0.717) is 6.42 Å². The van der Waals surface area contributed by atoms with Crippen LogP contribution in [0.15, 0.2) is 60.7 Å². The van der Waals surface area contributed by atoms with Crippen molar-refractivity contribution in [2.45, 2.75) is 56.3 Å². The molecule has 0 saturated carbocycles. The summed E-state index contributed by atoms with van der Waals surface area (Å²) >= 11 is 0. The molecule has 4 nitrogen and oxygen atoms in total. The van der Waals surface area contributed by atoms with Crippen molar-refractivity contribution in [3.8, 4) is 5.75 Å². The first-order valence-electron chi connectivity index (χ1n) is 13.9. The zero-order valence-electron chi connectivity index (χ0n) is 22.0. The van der Waals surface area contributed by atoms with Crippen LogP contribution in [0.2, 0.25) is 0 Å². The van der Waals surface area contributed by atoms with Crippen molar-refractivity contribution in [2.75, 3.05) is 13.6 Å². The van der Waals surface area contributed by atoms with E-state index in [0.717, 1.165) is 41.9 Å². The van der Waals surface area contributed by atoms with Crippen molar-refractivity contribution in [3.63, 3.8) is 0 Å². The van der Waals surface area contributed by atoms with Crippen LogP contribution in [-0.2, 0) is 18.3 Å². The molecule has 1 aromatic heterocycles. The first-order valence-corrected chi connectivity index (χ1v) is 13.9. The fourth-order valence-corrected chi connectivity index (χ4v) is 8.82. The van der Waals surface area contributed by atoms with E-state index in [4.69, 9.17) is 9.72 Å². The van der Waals surface area contributed by atoms with Crippen molar-refractivity contribution >= 4 is 32.4 Å². The molecule has 0 unspecified atom stereocenters. The number of ether oxygens (including phenoxy) is 1. The van der Waals surface area contributed by atoms with Crippen molar-refractivity contribution in [1.29, 1.82) is 0 Å². The van der Waals surface area contributed by atoms with E-state index >= 15 is 0 Å². The van der Waals surface area contributed by atoms with E-state index in [1.54, 1.807) is 0 Å². The van der Waals surface area contributed by atoms with Crippen LogP contribution >= 0.6 is 0 Å². The number of aliphatic hydroxyl groups is 1. The first kappa shape index (κ1) is 21.5. The Morgan fingerprint density at radius 1 is 0.947 bits per heavy atom. The number of likely N-dealkylation sites (N-methyl/N-ethyl adjacent to an activating group) is 1. The van der Waals surface area contributed by atoms with Gasteiger partial charge >= 0.3 is 0 Å². The Hall–Kier alpha value is -3.47. The van der Waals surface area contributed by atoms with E-state index in [1.807, 2.05) is 0 Å². The Balaban J connectivity index is 1.39. The van der Waals surface area contributed by atoms with Gasteiger partial charge in [-0.2, -0.15) is 0 Å². The van der Waals surface area contributed by atoms with Gasteiger partial charge < -0.3 is 14.7 Å². The summed E-state index contributed by atoms with van der Waals surface area (Å²) in [5.74, 6) is 0.991. The Morgan fingerprint density at radius 3 is 2.66 bits per heavy atom. The SMILES string of the molecule is Cc1ccc2c3c1O[C@H]1c4nc5c(ccc6c7ccccc7ccc65)c(C)c4C[C@@]4(O)[C@H](C2)N(C)CC[C@]314. The lowest BCUT2D eigenvalue weighted by Gasteiger charge is -2.62. The van der Waals surface area contributed by atoms with Gasteiger partial charge in [0.05, 0.1) is 22.2 Å². The first-order chi connectivity index (χ1) is 18.4. The lowest BCUT2D eigenvalue weighted by atomic mass is 9.48. The summed E-state index contributed by atoms with van der Waals surface area (Å²) in [5, 5.41) is 19.0. The molecule has 1 fully saturated rings. The Labute approximate surface area is 221 Å². The highest BCUT2D eigenvalue weighted by Crippen LogP contribution is 2.67. The summed E-state index contributed by atoms with van der Waals surface area (Å²) < 4.78 is 6.98. The zero-order chi connectivity index (χ0) is 25.6. The van der Waals surface area contributed by atoms with Crippen LogP contribution in [0.25, 0.3) is 32.4 Å². The molecule has 9 rings (SSSR count). The zero-order valence-corrected chi connectivity index (χ0v) is 22.0. The highest BCUT2D eigenvalue weighted by Gasteiger charge is 2.72. The number of aromatic nitrogens is 1. The molecular weight excluding hydrogens is 468 g/mol. The van der Waals surface area contributed by atoms with Gasteiger partial charge in [-0.05, 0) is 78.7 Å². The topological polar surface area (TPSA) is 45.6 Å². The van der Waals surface area contributed by atoms with Crippen LogP contribution in [0.3, 0.4) is 0 Å². The van der Waals surface area contributed by atoms with Gasteiger partial charge in [0.1, 0.15) is 5.75 Å². The summed E-state index contributed by atoms with van der Waals surface area (Å²) in [6.07, 6.45) is 2.08. The summed E-state index contributed by atoms with van der Waals surface area (Å²) in [7, 11) is 2.18. The maximum atomic E-state index is 12.9. The molecule has 3 heterocycles. The number of hydrogen-bond donors (Lipinski definition) is 1. The average Bonchev–Trinajstić information content (AvgIpc) is 3.28. The molecule has 2 bridgehead atoms. The van der Waals surface area contributed by atoms with Gasteiger partial charge in [-0.15, -0.1) is 0 Å². The summed E-state index contributed by atoms with van der Waals surface area (Å²) in [6.45, 7) is 5.32. The van der Waals surface area contributed by atoms with Gasteiger partial charge in [0.15, 0.2) is 6.10 Å². The van der Waals surface area contributed by atoms with Gasteiger partial charge in [0.2, 0.25) is 0 Å². The Kier molecular flexibility index (Phi) is 3.81. The number of nitrogens with zero attached hydrogens (tertiary/aromatic N) is 2. The van der Waals surface area contributed by atoms with Crippen molar-refractivity contribution < 1.29 is 9.84 Å².